The Morgan fingerprint density at radius 1 is 1.03 bits per heavy atom. The van der Waals surface area contributed by atoms with Crippen molar-refractivity contribution in [2.45, 2.75) is 13.3 Å². The number of carbonyl (C=O) groups excluding carboxylic acids is 2. The van der Waals surface area contributed by atoms with Crippen molar-refractivity contribution < 1.29 is 14.0 Å². The predicted molar refractivity (Wildman–Crippen MR) is 114 cm³/mol. The molecule has 154 valence electrons. The van der Waals surface area contributed by atoms with Gasteiger partial charge in [0.05, 0.1) is 6.42 Å². The molecule has 7 heteroatoms. The lowest BCUT2D eigenvalue weighted by molar-refractivity contribution is -0.127. The van der Waals surface area contributed by atoms with Gasteiger partial charge >= 0.3 is 0 Å². The molecular weight excluding hydrogens is 385 g/mol. The van der Waals surface area contributed by atoms with Crippen LogP contribution in [0.2, 0.25) is 0 Å². The Balaban J connectivity index is 1.95. The lowest BCUT2D eigenvalue weighted by Crippen LogP contribution is -2.30. The van der Waals surface area contributed by atoms with Crippen LogP contribution in [-0.4, -0.2) is 35.4 Å². The molecule has 0 radical (unpaired) electrons. The smallest absolute Gasteiger partial charge is 0.268 e. The van der Waals surface area contributed by atoms with Gasteiger partial charge in [0.2, 0.25) is 5.91 Å². The molecule has 0 saturated carbocycles. The molecule has 0 bridgehead atoms. The van der Waals surface area contributed by atoms with Gasteiger partial charge in [-0.3, -0.25) is 19.0 Å². The first kappa shape index (κ1) is 21.0. The number of nitrogens with one attached hydrogen (secondary N) is 1. The van der Waals surface area contributed by atoms with Crippen molar-refractivity contribution in [2.75, 3.05) is 19.4 Å². The number of para-hydroxylation sites is 1. The molecule has 0 unspecified atom stereocenters. The van der Waals surface area contributed by atoms with Crippen LogP contribution in [0, 0.1) is 12.7 Å². The third kappa shape index (κ3) is 4.46. The van der Waals surface area contributed by atoms with Crippen molar-refractivity contribution in [3.63, 3.8) is 0 Å². The highest BCUT2D eigenvalue weighted by molar-refractivity contribution is 6.05. The fourth-order valence-corrected chi connectivity index (χ4v) is 3.01. The van der Waals surface area contributed by atoms with Crippen molar-refractivity contribution in [1.29, 1.82) is 0 Å². The van der Waals surface area contributed by atoms with E-state index in [4.69, 9.17) is 0 Å². The van der Waals surface area contributed by atoms with Gasteiger partial charge in [-0.2, -0.15) is 0 Å². The zero-order chi connectivity index (χ0) is 21.8. The van der Waals surface area contributed by atoms with E-state index in [9.17, 15) is 18.8 Å². The van der Waals surface area contributed by atoms with Crippen LogP contribution in [0.1, 0.15) is 21.5 Å². The topological polar surface area (TPSA) is 71.4 Å². The normalized spacial score (nSPS) is 10.5. The lowest BCUT2D eigenvalue weighted by atomic mass is 10.1. The molecule has 3 rings (SSSR count). The maximum absolute atomic E-state index is 13.2. The number of rotatable bonds is 5. The summed E-state index contributed by atoms with van der Waals surface area (Å²) in [5.41, 5.74) is 1.55. The van der Waals surface area contributed by atoms with Gasteiger partial charge in [0.1, 0.15) is 11.4 Å². The van der Waals surface area contributed by atoms with E-state index in [0.717, 1.165) is 0 Å². The molecule has 30 heavy (non-hydrogen) atoms. The van der Waals surface area contributed by atoms with Gasteiger partial charge in [-0.15, -0.1) is 0 Å². The first-order valence-electron chi connectivity index (χ1n) is 9.35. The number of hydrogen-bond acceptors (Lipinski definition) is 3. The highest BCUT2D eigenvalue weighted by atomic mass is 19.1. The summed E-state index contributed by atoms with van der Waals surface area (Å²) >= 11 is 0. The minimum absolute atomic E-state index is 0.0180. The number of aromatic nitrogens is 1. The number of aryl methyl sites for hydroxylation is 1. The molecule has 0 spiro atoms. The number of nitrogens with zero attached hydrogens (tertiary/aromatic N) is 2. The number of anilines is 1. The standard InChI is InChI=1S/C23H22FN3O3/c1-15-12-13-27(18-10-8-17(24)9-11-18)23(30)21(15)22(29)25-19-7-5-4-6-16(19)14-20(28)26(2)3/h4-13H,14H2,1-3H3,(H,25,29). The minimum Gasteiger partial charge on any atom is -0.349 e. The number of likely N-dealkylation sites (N-methyl/N-ethyl adjacent to an activating group) is 1. The molecule has 2 aromatic carbocycles. The number of amides is 2. The molecule has 0 aliphatic rings. The Kier molecular flexibility index (Phi) is 6.11. The molecule has 6 nitrogen and oxygen atoms in total. The summed E-state index contributed by atoms with van der Waals surface area (Å²) < 4.78 is 14.5. The van der Waals surface area contributed by atoms with Crippen LogP contribution in [0.25, 0.3) is 5.69 Å². The van der Waals surface area contributed by atoms with E-state index in [-0.39, 0.29) is 17.9 Å². The van der Waals surface area contributed by atoms with Gasteiger partial charge in [0.25, 0.3) is 11.5 Å². The molecule has 1 aromatic heterocycles. The van der Waals surface area contributed by atoms with Crippen molar-refractivity contribution in [3.05, 3.63) is 93.7 Å². The van der Waals surface area contributed by atoms with E-state index < -0.39 is 17.3 Å². The summed E-state index contributed by atoms with van der Waals surface area (Å²) in [6.07, 6.45) is 1.67. The summed E-state index contributed by atoms with van der Waals surface area (Å²) in [5.74, 6) is -1.09. The Labute approximate surface area is 173 Å². The maximum atomic E-state index is 13.2. The minimum atomic E-state index is -0.571. The maximum Gasteiger partial charge on any atom is 0.268 e. The van der Waals surface area contributed by atoms with Gasteiger partial charge in [-0.1, -0.05) is 18.2 Å². The van der Waals surface area contributed by atoms with Crippen LogP contribution in [0.3, 0.4) is 0 Å². The fourth-order valence-electron chi connectivity index (χ4n) is 3.01. The van der Waals surface area contributed by atoms with Crippen LogP contribution >= 0.6 is 0 Å². The van der Waals surface area contributed by atoms with E-state index in [1.54, 1.807) is 57.5 Å². The molecule has 3 aromatic rings. The Morgan fingerprint density at radius 2 is 1.70 bits per heavy atom. The summed E-state index contributed by atoms with van der Waals surface area (Å²) in [6, 6.07) is 14.1. The molecule has 1 heterocycles. The third-order valence-corrected chi connectivity index (χ3v) is 4.74. The Morgan fingerprint density at radius 3 is 2.37 bits per heavy atom. The van der Waals surface area contributed by atoms with Gasteiger partial charge in [-0.05, 0) is 54.4 Å². The average molecular weight is 407 g/mol. The van der Waals surface area contributed by atoms with Gasteiger partial charge in [-0.25, -0.2) is 4.39 Å². The third-order valence-electron chi connectivity index (χ3n) is 4.74. The second-order valence-electron chi connectivity index (χ2n) is 7.10. The molecule has 2 amide bonds. The van der Waals surface area contributed by atoms with Crippen LogP contribution < -0.4 is 10.9 Å². The van der Waals surface area contributed by atoms with Crippen molar-refractivity contribution >= 4 is 17.5 Å². The van der Waals surface area contributed by atoms with Crippen LogP contribution in [0.15, 0.2) is 65.6 Å². The molecule has 1 N–H and O–H groups in total. The number of benzene rings is 2. The molecular formula is C23H22FN3O3. The van der Waals surface area contributed by atoms with Crippen LogP contribution in [-0.2, 0) is 11.2 Å². The number of pyridine rings is 1. The van der Waals surface area contributed by atoms with Gasteiger partial charge in [0.15, 0.2) is 0 Å². The summed E-state index contributed by atoms with van der Waals surface area (Å²) in [6.45, 7) is 1.67. The first-order chi connectivity index (χ1) is 14.3. The highest BCUT2D eigenvalue weighted by Gasteiger charge is 2.18. The molecule has 0 fully saturated rings. The van der Waals surface area contributed by atoms with Crippen LogP contribution in [0.5, 0.6) is 0 Å². The molecule has 0 atom stereocenters. The van der Waals surface area contributed by atoms with E-state index in [2.05, 4.69) is 5.32 Å². The van der Waals surface area contributed by atoms with Crippen molar-refractivity contribution in [2.24, 2.45) is 0 Å². The zero-order valence-corrected chi connectivity index (χ0v) is 17.0. The Hall–Kier alpha value is -3.74. The van der Waals surface area contributed by atoms with E-state index >= 15 is 0 Å². The van der Waals surface area contributed by atoms with Crippen molar-refractivity contribution in [1.82, 2.24) is 9.47 Å². The molecule has 0 aliphatic heterocycles. The highest BCUT2D eigenvalue weighted by Crippen LogP contribution is 2.18. The molecule has 0 saturated heterocycles. The fraction of sp³-hybridized carbons (Fsp3) is 0.174. The second kappa shape index (κ2) is 8.73. The predicted octanol–water partition coefficient (Wildman–Crippen LogP) is 3.17. The number of hydrogen-bond donors (Lipinski definition) is 1. The first-order valence-corrected chi connectivity index (χ1v) is 9.35. The Bertz CT molecular complexity index is 1150. The molecule has 0 aliphatic carbocycles. The summed E-state index contributed by atoms with van der Waals surface area (Å²) in [5, 5.41) is 2.76. The van der Waals surface area contributed by atoms with E-state index in [1.807, 2.05) is 0 Å². The summed E-state index contributed by atoms with van der Waals surface area (Å²) in [4.78, 5) is 39.6. The van der Waals surface area contributed by atoms with Crippen LogP contribution in [0.4, 0.5) is 10.1 Å². The van der Waals surface area contributed by atoms with Gasteiger partial charge < -0.3 is 10.2 Å². The monoisotopic (exact) mass is 407 g/mol. The zero-order valence-electron chi connectivity index (χ0n) is 17.0. The largest absolute Gasteiger partial charge is 0.349 e. The van der Waals surface area contributed by atoms with E-state index in [1.165, 1.54) is 33.7 Å². The van der Waals surface area contributed by atoms with Gasteiger partial charge in [0, 0.05) is 31.7 Å². The second-order valence-corrected chi connectivity index (χ2v) is 7.10. The SMILES string of the molecule is Cc1ccn(-c2ccc(F)cc2)c(=O)c1C(=O)Nc1ccccc1CC(=O)N(C)C. The summed E-state index contributed by atoms with van der Waals surface area (Å²) in [7, 11) is 3.32. The average Bonchev–Trinajstić information content (AvgIpc) is 2.70. The van der Waals surface area contributed by atoms with Crippen molar-refractivity contribution in [3.8, 4) is 5.69 Å². The quantitative estimate of drug-likeness (QED) is 0.706. The van der Waals surface area contributed by atoms with E-state index in [0.29, 0.717) is 22.5 Å². The number of halogens is 1. The lowest BCUT2D eigenvalue weighted by Gasteiger charge is -2.15. The number of carbonyl (C=O) groups is 2.